The van der Waals surface area contributed by atoms with Crippen LogP contribution in [0.25, 0.3) is 0 Å². The fourth-order valence-corrected chi connectivity index (χ4v) is 3.26. The second-order valence-corrected chi connectivity index (χ2v) is 6.50. The predicted molar refractivity (Wildman–Crippen MR) is 115 cm³/mol. The van der Waals surface area contributed by atoms with E-state index in [1.165, 1.54) is 0 Å². The number of amides is 1. The number of hydrogen-bond donors (Lipinski definition) is 4. The van der Waals surface area contributed by atoms with Gasteiger partial charge in [-0.2, -0.15) is 0 Å². The standard InChI is InChI=1S/C21H24N6O2/c1-13(22)27-17-12-15(21(29)25-10-11-28)8-9-16(17)18(14-6-4-3-5-7-14)26-19(23)20(27)24-2/h3-9,12,19,22,28H,10-11,23H2,1-2H3,(H,25,29). The molecule has 1 atom stereocenters. The number of fused-ring (bicyclic) bond motifs is 1. The van der Waals surface area contributed by atoms with Gasteiger partial charge in [0.15, 0.2) is 6.17 Å². The zero-order chi connectivity index (χ0) is 21.0. The maximum absolute atomic E-state index is 12.4. The molecule has 2 aromatic carbocycles. The molecule has 0 saturated heterocycles. The number of aliphatic hydroxyl groups excluding tert-OH is 1. The summed E-state index contributed by atoms with van der Waals surface area (Å²) in [4.78, 5) is 23.0. The average molecular weight is 392 g/mol. The van der Waals surface area contributed by atoms with Gasteiger partial charge in [0, 0.05) is 30.3 Å². The molecule has 2 aromatic rings. The first-order chi connectivity index (χ1) is 14.0. The smallest absolute Gasteiger partial charge is 0.251 e. The normalized spacial score (nSPS) is 17.4. The largest absolute Gasteiger partial charge is 0.395 e. The van der Waals surface area contributed by atoms with Crippen LogP contribution in [0.4, 0.5) is 5.69 Å². The molecule has 0 radical (unpaired) electrons. The second-order valence-electron chi connectivity index (χ2n) is 6.50. The Hall–Kier alpha value is -3.36. The van der Waals surface area contributed by atoms with Crippen LogP contribution in [-0.2, 0) is 0 Å². The number of rotatable bonds is 4. The Bertz CT molecular complexity index is 984. The summed E-state index contributed by atoms with van der Waals surface area (Å²) in [5.41, 5.74) is 9.62. The van der Waals surface area contributed by atoms with Crippen molar-refractivity contribution >= 4 is 29.0 Å². The van der Waals surface area contributed by atoms with E-state index in [1.807, 2.05) is 30.3 Å². The van der Waals surface area contributed by atoms with Gasteiger partial charge in [-0.1, -0.05) is 30.3 Å². The molecule has 8 heteroatoms. The van der Waals surface area contributed by atoms with Gasteiger partial charge in [0.05, 0.1) is 18.0 Å². The van der Waals surface area contributed by atoms with Crippen molar-refractivity contribution in [3.63, 3.8) is 0 Å². The van der Waals surface area contributed by atoms with E-state index in [-0.39, 0.29) is 24.9 Å². The molecular formula is C21H24N6O2. The first-order valence-corrected chi connectivity index (χ1v) is 9.22. The Labute approximate surface area is 169 Å². The van der Waals surface area contributed by atoms with Crippen molar-refractivity contribution in [2.24, 2.45) is 15.7 Å². The highest BCUT2D eigenvalue weighted by atomic mass is 16.3. The number of amidine groups is 2. The van der Waals surface area contributed by atoms with Gasteiger partial charge in [-0.05, 0) is 25.1 Å². The van der Waals surface area contributed by atoms with E-state index in [0.717, 1.165) is 11.1 Å². The second kappa shape index (κ2) is 8.76. The molecule has 5 N–H and O–H groups in total. The highest BCUT2D eigenvalue weighted by Crippen LogP contribution is 2.30. The zero-order valence-electron chi connectivity index (χ0n) is 16.4. The van der Waals surface area contributed by atoms with Crippen molar-refractivity contribution in [3.05, 3.63) is 65.2 Å². The maximum Gasteiger partial charge on any atom is 0.251 e. The minimum absolute atomic E-state index is 0.144. The first-order valence-electron chi connectivity index (χ1n) is 9.22. The van der Waals surface area contributed by atoms with Gasteiger partial charge < -0.3 is 16.2 Å². The summed E-state index contributed by atoms with van der Waals surface area (Å²) in [6, 6.07) is 14.8. The summed E-state index contributed by atoms with van der Waals surface area (Å²) in [6.07, 6.45) is -0.769. The molecule has 150 valence electrons. The number of anilines is 1. The lowest BCUT2D eigenvalue weighted by Crippen LogP contribution is -2.44. The highest BCUT2D eigenvalue weighted by Gasteiger charge is 2.30. The van der Waals surface area contributed by atoms with Crippen molar-refractivity contribution < 1.29 is 9.90 Å². The number of benzene rings is 2. The van der Waals surface area contributed by atoms with E-state index in [4.69, 9.17) is 16.2 Å². The topological polar surface area (TPSA) is 127 Å². The van der Waals surface area contributed by atoms with Crippen LogP contribution in [0, 0.1) is 5.41 Å². The van der Waals surface area contributed by atoms with Crippen LogP contribution in [0.2, 0.25) is 0 Å². The summed E-state index contributed by atoms with van der Waals surface area (Å²) < 4.78 is 0. The Balaban J connectivity index is 2.23. The van der Waals surface area contributed by atoms with E-state index in [2.05, 4.69) is 15.3 Å². The van der Waals surface area contributed by atoms with Crippen LogP contribution in [0.5, 0.6) is 0 Å². The molecule has 0 spiro atoms. The summed E-state index contributed by atoms with van der Waals surface area (Å²) in [7, 11) is 1.60. The molecule has 1 unspecified atom stereocenters. The third-order valence-corrected chi connectivity index (χ3v) is 4.53. The molecule has 0 aliphatic carbocycles. The van der Waals surface area contributed by atoms with Gasteiger partial charge in [-0.15, -0.1) is 0 Å². The van der Waals surface area contributed by atoms with Crippen LogP contribution in [0.15, 0.2) is 58.5 Å². The first kappa shape index (κ1) is 20.4. The maximum atomic E-state index is 12.4. The van der Waals surface area contributed by atoms with Crippen LogP contribution < -0.4 is 16.0 Å². The molecule has 29 heavy (non-hydrogen) atoms. The number of carbonyl (C=O) groups is 1. The Morgan fingerprint density at radius 1 is 1.31 bits per heavy atom. The van der Waals surface area contributed by atoms with E-state index in [1.54, 1.807) is 37.1 Å². The van der Waals surface area contributed by atoms with E-state index in [9.17, 15) is 4.79 Å². The van der Waals surface area contributed by atoms with Gasteiger partial charge in [0.2, 0.25) is 0 Å². The van der Waals surface area contributed by atoms with Crippen molar-refractivity contribution in [1.29, 1.82) is 5.41 Å². The molecule has 1 heterocycles. The molecular weight excluding hydrogens is 368 g/mol. The average Bonchev–Trinajstić information content (AvgIpc) is 2.86. The van der Waals surface area contributed by atoms with Crippen molar-refractivity contribution in [3.8, 4) is 0 Å². The van der Waals surface area contributed by atoms with Crippen LogP contribution >= 0.6 is 0 Å². The molecule has 0 aromatic heterocycles. The monoisotopic (exact) mass is 392 g/mol. The van der Waals surface area contributed by atoms with Crippen molar-refractivity contribution in [1.82, 2.24) is 5.32 Å². The number of carbonyl (C=O) groups excluding carboxylic acids is 1. The van der Waals surface area contributed by atoms with Crippen molar-refractivity contribution in [2.75, 3.05) is 25.1 Å². The van der Waals surface area contributed by atoms with Gasteiger partial charge in [0.25, 0.3) is 5.91 Å². The molecule has 3 rings (SSSR count). The van der Waals surface area contributed by atoms with Crippen LogP contribution in [-0.4, -0.2) is 54.8 Å². The summed E-state index contributed by atoms with van der Waals surface area (Å²) >= 11 is 0. The zero-order valence-corrected chi connectivity index (χ0v) is 16.4. The molecule has 0 saturated carbocycles. The Morgan fingerprint density at radius 3 is 2.66 bits per heavy atom. The summed E-state index contributed by atoms with van der Waals surface area (Å²) in [6.45, 7) is 1.65. The molecule has 8 nitrogen and oxygen atoms in total. The molecule has 1 amide bonds. The fourth-order valence-electron chi connectivity index (χ4n) is 3.26. The molecule has 0 fully saturated rings. The Kier molecular flexibility index (Phi) is 6.16. The number of nitrogens with two attached hydrogens (primary N) is 1. The minimum Gasteiger partial charge on any atom is -0.395 e. The lowest BCUT2D eigenvalue weighted by atomic mass is 9.98. The molecule has 1 aliphatic heterocycles. The van der Waals surface area contributed by atoms with Gasteiger partial charge in [-0.3, -0.25) is 25.1 Å². The van der Waals surface area contributed by atoms with E-state index < -0.39 is 6.17 Å². The lowest BCUT2D eigenvalue weighted by molar-refractivity contribution is 0.0945. The number of aliphatic hydroxyl groups is 1. The number of nitrogens with zero attached hydrogens (tertiary/aromatic N) is 3. The van der Waals surface area contributed by atoms with Gasteiger partial charge in [-0.25, -0.2) is 0 Å². The van der Waals surface area contributed by atoms with Gasteiger partial charge in [0.1, 0.15) is 11.7 Å². The molecule has 0 bridgehead atoms. The lowest BCUT2D eigenvalue weighted by Gasteiger charge is -2.26. The fraction of sp³-hybridized carbons (Fsp3) is 0.238. The number of nitrogens with one attached hydrogen (secondary N) is 2. The van der Waals surface area contributed by atoms with Gasteiger partial charge >= 0.3 is 0 Å². The van der Waals surface area contributed by atoms with Crippen LogP contribution in [0.3, 0.4) is 0 Å². The predicted octanol–water partition coefficient (Wildman–Crippen LogP) is 1.38. The van der Waals surface area contributed by atoms with Crippen molar-refractivity contribution in [2.45, 2.75) is 13.1 Å². The minimum atomic E-state index is -0.769. The number of hydrogen-bond acceptors (Lipinski definition) is 6. The summed E-state index contributed by atoms with van der Waals surface area (Å²) in [5, 5.41) is 19.9. The van der Waals surface area contributed by atoms with E-state index >= 15 is 0 Å². The summed E-state index contributed by atoms with van der Waals surface area (Å²) in [5.74, 6) is 0.309. The third-order valence-electron chi connectivity index (χ3n) is 4.53. The molecule has 1 aliphatic rings. The van der Waals surface area contributed by atoms with E-state index in [0.29, 0.717) is 22.8 Å². The number of benzodiazepines with no additional fused rings is 1. The SMILES string of the molecule is CN=C1C(N)N=C(c2ccccc2)c2ccc(C(=O)NCCO)cc2N1C(C)=N. The Morgan fingerprint density at radius 2 is 2.03 bits per heavy atom. The quantitative estimate of drug-likeness (QED) is 0.463. The van der Waals surface area contributed by atoms with Crippen LogP contribution in [0.1, 0.15) is 28.4 Å². The third kappa shape index (κ3) is 4.08. The number of aliphatic imine (C=N–C) groups is 2. The highest BCUT2D eigenvalue weighted by molar-refractivity contribution is 6.27.